The van der Waals surface area contributed by atoms with Crippen molar-refractivity contribution in [1.82, 2.24) is 0 Å². The summed E-state index contributed by atoms with van der Waals surface area (Å²) in [7, 11) is 0. The van der Waals surface area contributed by atoms with Crippen molar-refractivity contribution in [3.05, 3.63) is 58.6 Å². The van der Waals surface area contributed by atoms with Crippen LogP contribution in [0.3, 0.4) is 0 Å². The van der Waals surface area contributed by atoms with Gasteiger partial charge < -0.3 is 4.74 Å². The van der Waals surface area contributed by atoms with Crippen molar-refractivity contribution in [3.8, 4) is 11.5 Å². The quantitative estimate of drug-likeness (QED) is 0.683. The summed E-state index contributed by atoms with van der Waals surface area (Å²) in [6.07, 6.45) is 1.84. The second kappa shape index (κ2) is 6.58. The van der Waals surface area contributed by atoms with Crippen molar-refractivity contribution in [3.63, 3.8) is 0 Å². The molecule has 1 unspecified atom stereocenters. The summed E-state index contributed by atoms with van der Waals surface area (Å²) in [5.41, 5.74) is 1.72. The molecule has 0 saturated carbocycles. The van der Waals surface area contributed by atoms with Gasteiger partial charge in [0, 0.05) is 0 Å². The average molecular weight is 289 g/mol. The molecule has 2 nitrogen and oxygen atoms in total. The van der Waals surface area contributed by atoms with Crippen molar-refractivity contribution in [2.75, 3.05) is 0 Å². The second-order valence-corrected chi connectivity index (χ2v) is 5.16. The molecule has 2 aromatic carbocycles. The predicted octanol–water partition coefficient (Wildman–Crippen LogP) is 5.46. The molecule has 0 saturated heterocycles. The molecular formula is C17H17ClO2. The minimum Gasteiger partial charge on any atom is -0.455 e. The van der Waals surface area contributed by atoms with Gasteiger partial charge in [0.15, 0.2) is 12.0 Å². The smallest absolute Gasteiger partial charge is 0.156 e. The summed E-state index contributed by atoms with van der Waals surface area (Å²) >= 11 is 6.08. The third kappa shape index (κ3) is 3.20. The molecule has 0 spiro atoms. The number of halogens is 1. The van der Waals surface area contributed by atoms with E-state index >= 15 is 0 Å². The van der Waals surface area contributed by atoms with Gasteiger partial charge in [-0.3, -0.25) is 4.79 Å². The number of rotatable bonds is 5. The van der Waals surface area contributed by atoms with E-state index in [4.69, 9.17) is 16.3 Å². The van der Waals surface area contributed by atoms with E-state index in [2.05, 4.69) is 13.8 Å². The van der Waals surface area contributed by atoms with Gasteiger partial charge in [-0.05, 0) is 42.2 Å². The third-order valence-electron chi connectivity index (χ3n) is 3.41. The molecule has 0 aliphatic rings. The molecule has 1 atom stereocenters. The highest BCUT2D eigenvalue weighted by molar-refractivity contribution is 6.32. The zero-order valence-corrected chi connectivity index (χ0v) is 12.4. The first-order chi connectivity index (χ1) is 9.65. The lowest BCUT2D eigenvalue weighted by Gasteiger charge is -2.12. The minimum absolute atomic E-state index is 0.403. The van der Waals surface area contributed by atoms with Crippen LogP contribution in [0.2, 0.25) is 5.02 Å². The van der Waals surface area contributed by atoms with E-state index in [9.17, 15) is 4.79 Å². The van der Waals surface area contributed by atoms with Crippen LogP contribution in [0, 0.1) is 0 Å². The molecule has 0 bridgehead atoms. The number of benzene rings is 2. The maximum atomic E-state index is 11.0. The van der Waals surface area contributed by atoms with E-state index in [0.717, 1.165) is 12.7 Å². The summed E-state index contributed by atoms with van der Waals surface area (Å²) in [6, 6.07) is 13.0. The van der Waals surface area contributed by atoms with Crippen molar-refractivity contribution >= 4 is 17.9 Å². The molecule has 0 amide bonds. The Kier molecular flexibility index (Phi) is 4.80. The molecule has 0 aliphatic carbocycles. The standard InChI is InChI=1S/C17H17ClO2/c1-3-12(2)13-7-9-15(10-8-13)20-17-14(11-19)5-4-6-16(17)18/h4-12H,3H2,1-2H3. The highest BCUT2D eigenvalue weighted by atomic mass is 35.5. The van der Waals surface area contributed by atoms with Crippen LogP contribution in [-0.2, 0) is 0 Å². The van der Waals surface area contributed by atoms with E-state index in [1.165, 1.54) is 5.56 Å². The first-order valence-electron chi connectivity index (χ1n) is 6.67. The number of hydrogen-bond donors (Lipinski definition) is 0. The fourth-order valence-electron chi connectivity index (χ4n) is 1.94. The summed E-state index contributed by atoms with van der Waals surface area (Å²) in [5, 5.41) is 0.431. The molecule has 2 aromatic rings. The Morgan fingerprint density at radius 2 is 1.90 bits per heavy atom. The monoisotopic (exact) mass is 288 g/mol. The van der Waals surface area contributed by atoms with E-state index < -0.39 is 0 Å². The van der Waals surface area contributed by atoms with Crippen LogP contribution >= 0.6 is 11.6 Å². The first kappa shape index (κ1) is 14.6. The lowest BCUT2D eigenvalue weighted by Crippen LogP contribution is -1.93. The summed E-state index contributed by atoms with van der Waals surface area (Å²) in [5.74, 6) is 1.60. The van der Waals surface area contributed by atoms with Crippen LogP contribution in [0.25, 0.3) is 0 Å². The molecule has 20 heavy (non-hydrogen) atoms. The Bertz CT molecular complexity index is 590. The molecule has 0 fully saturated rings. The highest BCUT2D eigenvalue weighted by Gasteiger charge is 2.09. The number of carbonyl (C=O) groups excluding carboxylic acids is 1. The number of ether oxygens (including phenoxy) is 1. The second-order valence-electron chi connectivity index (χ2n) is 4.76. The van der Waals surface area contributed by atoms with Crippen LogP contribution in [0.4, 0.5) is 0 Å². The van der Waals surface area contributed by atoms with E-state index in [1.807, 2.05) is 24.3 Å². The zero-order valence-electron chi connectivity index (χ0n) is 11.6. The van der Waals surface area contributed by atoms with Crippen molar-refractivity contribution < 1.29 is 9.53 Å². The largest absolute Gasteiger partial charge is 0.455 e. The average Bonchev–Trinajstić information content (AvgIpc) is 2.49. The van der Waals surface area contributed by atoms with Crippen LogP contribution in [-0.4, -0.2) is 6.29 Å². The maximum Gasteiger partial charge on any atom is 0.156 e. The van der Waals surface area contributed by atoms with Gasteiger partial charge in [-0.2, -0.15) is 0 Å². The Balaban J connectivity index is 2.25. The normalized spacial score (nSPS) is 11.9. The van der Waals surface area contributed by atoms with E-state index in [0.29, 0.717) is 28.0 Å². The maximum absolute atomic E-state index is 11.0. The number of aldehydes is 1. The Labute approximate surface area is 124 Å². The molecular weight excluding hydrogens is 272 g/mol. The van der Waals surface area contributed by atoms with Gasteiger partial charge in [0.1, 0.15) is 5.75 Å². The minimum atomic E-state index is 0.403. The van der Waals surface area contributed by atoms with Gasteiger partial charge in [0.25, 0.3) is 0 Å². The Hall–Kier alpha value is -1.80. The number of carbonyl (C=O) groups is 1. The van der Waals surface area contributed by atoms with Crippen LogP contribution < -0.4 is 4.74 Å². The predicted molar refractivity (Wildman–Crippen MR) is 82.1 cm³/mol. The lowest BCUT2D eigenvalue weighted by molar-refractivity contribution is 0.112. The topological polar surface area (TPSA) is 26.3 Å². The molecule has 104 valence electrons. The van der Waals surface area contributed by atoms with E-state index in [-0.39, 0.29) is 0 Å². The SMILES string of the molecule is CCC(C)c1ccc(Oc2c(Cl)cccc2C=O)cc1. The van der Waals surface area contributed by atoms with Gasteiger partial charge in [-0.1, -0.05) is 43.6 Å². The molecule has 0 aromatic heterocycles. The van der Waals surface area contributed by atoms with Crippen molar-refractivity contribution in [2.45, 2.75) is 26.2 Å². The van der Waals surface area contributed by atoms with Crippen LogP contribution in [0.15, 0.2) is 42.5 Å². The van der Waals surface area contributed by atoms with Crippen LogP contribution in [0.1, 0.15) is 42.1 Å². The fourth-order valence-corrected chi connectivity index (χ4v) is 2.16. The molecule has 2 rings (SSSR count). The fraction of sp³-hybridized carbons (Fsp3) is 0.235. The molecule has 0 N–H and O–H groups in total. The van der Waals surface area contributed by atoms with Gasteiger partial charge >= 0.3 is 0 Å². The first-order valence-corrected chi connectivity index (χ1v) is 7.05. The molecule has 3 heteroatoms. The van der Waals surface area contributed by atoms with E-state index in [1.54, 1.807) is 18.2 Å². The molecule has 0 aliphatic heterocycles. The lowest BCUT2D eigenvalue weighted by atomic mass is 9.99. The summed E-state index contributed by atoms with van der Waals surface area (Å²) in [4.78, 5) is 11.0. The van der Waals surface area contributed by atoms with Gasteiger partial charge in [-0.25, -0.2) is 0 Å². The summed E-state index contributed by atoms with van der Waals surface area (Å²) < 4.78 is 5.74. The highest BCUT2D eigenvalue weighted by Crippen LogP contribution is 2.32. The Morgan fingerprint density at radius 1 is 1.20 bits per heavy atom. The Morgan fingerprint density at radius 3 is 2.50 bits per heavy atom. The number of hydrogen-bond acceptors (Lipinski definition) is 2. The van der Waals surface area contributed by atoms with Gasteiger partial charge in [0.2, 0.25) is 0 Å². The van der Waals surface area contributed by atoms with Crippen LogP contribution in [0.5, 0.6) is 11.5 Å². The van der Waals surface area contributed by atoms with Crippen molar-refractivity contribution in [2.24, 2.45) is 0 Å². The number of para-hydroxylation sites is 1. The van der Waals surface area contributed by atoms with Gasteiger partial charge in [0.05, 0.1) is 10.6 Å². The zero-order chi connectivity index (χ0) is 14.5. The summed E-state index contributed by atoms with van der Waals surface area (Å²) in [6.45, 7) is 4.35. The van der Waals surface area contributed by atoms with Crippen molar-refractivity contribution in [1.29, 1.82) is 0 Å². The van der Waals surface area contributed by atoms with Gasteiger partial charge in [-0.15, -0.1) is 0 Å². The molecule has 0 heterocycles. The molecule has 0 radical (unpaired) electrons. The third-order valence-corrected chi connectivity index (χ3v) is 3.70.